The average Bonchev–Trinajstić information content (AvgIpc) is 2.90. The Morgan fingerprint density at radius 3 is 2.17 bits per heavy atom. The minimum absolute atomic E-state index is 0.192. The molecule has 0 saturated heterocycles. The first-order valence-electron chi connectivity index (χ1n) is 6.21. The van der Waals surface area contributed by atoms with Crippen LogP contribution in [0.1, 0.15) is 16.2 Å². The molecule has 0 saturated carbocycles. The molecule has 0 aliphatic rings. The molecule has 0 aliphatic carbocycles. The second-order valence-corrected chi connectivity index (χ2v) is 5.35. The van der Waals surface area contributed by atoms with Gasteiger partial charge in [0.15, 0.2) is 5.69 Å². The molecule has 2 aromatic rings. The fraction of sp³-hybridized carbons (Fsp3) is 0.231. The van der Waals surface area contributed by atoms with E-state index in [-0.39, 0.29) is 15.7 Å². The maximum atomic E-state index is 14.0. The van der Waals surface area contributed by atoms with Crippen molar-refractivity contribution in [1.82, 2.24) is 14.9 Å². The van der Waals surface area contributed by atoms with Gasteiger partial charge in [-0.25, -0.2) is 4.98 Å². The Hall–Kier alpha value is -1.87. The SMILES string of the molecule is CNC(=O)c1ncn(-c2c(Cl)cccc2Cl)c1C(F)(F)C(F)(F)F. The molecule has 1 aromatic heterocycles. The van der Waals surface area contributed by atoms with E-state index in [1.165, 1.54) is 18.2 Å². The minimum Gasteiger partial charge on any atom is -0.354 e. The number of aromatic nitrogens is 2. The number of nitrogens with zero attached hydrogens (tertiary/aromatic N) is 2. The maximum absolute atomic E-state index is 14.0. The molecule has 1 N–H and O–H groups in total. The number of carbonyl (C=O) groups is 1. The molecule has 0 spiro atoms. The van der Waals surface area contributed by atoms with E-state index in [1.54, 1.807) is 0 Å². The Morgan fingerprint density at radius 1 is 1.17 bits per heavy atom. The number of hydrogen-bond acceptors (Lipinski definition) is 2. The summed E-state index contributed by atoms with van der Waals surface area (Å²) in [6, 6.07) is 3.88. The van der Waals surface area contributed by atoms with Crippen molar-refractivity contribution in [2.45, 2.75) is 12.1 Å². The largest absolute Gasteiger partial charge is 0.459 e. The number of carbonyl (C=O) groups excluding carboxylic acids is 1. The molecule has 1 amide bonds. The highest BCUT2D eigenvalue weighted by Crippen LogP contribution is 2.46. The first-order valence-corrected chi connectivity index (χ1v) is 6.96. The molecule has 0 aliphatic heterocycles. The first kappa shape index (κ1) is 18.5. The predicted molar refractivity (Wildman–Crippen MR) is 76.9 cm³/mol. The van der Waals surface area contributed by atoms with E-state index < -0.39 is 29.4 Å². The number of imidazole rings is 1. The minimum atomic E-state index is -5.96. The van der Waals surface area contributed by atoms with Crippen molar-refractivity contribution in [3.8, 4) is 5.69 Å². The highest BCUT2D eigenvalue weighted by molar-refractivity contribution is 6.37. The van der Waals surface area contributed by atoms with Gasteiger partial charge >= 0.3 is 12.1 Å². The van der Waals surface area contributed by atoms with Crippen LogP contribution in [-0.4, -0.2) is 28.7 Å². The molecule has 1 aromatic carbocycles. The van der Waals surface area contributed by atoms with Crippen LogP contribution in [0.2, 0.25) is 10.0 Å². The lowest BCUT2D eigenvalue weighted by molar-refractivity contribution is -0.291. The van der Waals surface area contributed by atoms with Crippen LogP contribution in [0, 0.1) is 0 Å². The topological polar surface area (TPSA) is 46.9 Å². The van der Waals surface area contributed by atoms with Crippen molar-refractivity contribution in [2.75, 3.05) is 7.05 Å². The molecule has 0 bridgehead atoms. The summed E-state index contributed by atoms with van der Waals surface area (Å²) < 4.78 is 66.9. The van der Waals surface area contributed by atoms with Crippen molar-refractivity contribution in [1.29, 1.82) is 0 Å². The lowest BCUT2D eigenvalue weighted by Crippen LogP contribution is -2.38. The molecule has 4 nitrogen and oxygen atoms in total. The Morgan fingerprint density at radius 2 is 1.71 bits per heavy atom. The molecule has 11 heteroatoms. The van der Waals surface area contributed by atoms with Crippen LogP contribution in [0.15, 0.2) is 24.5 Å². The van der Waals surface area contributed by atoms with Gasteiger partial charge in [0, 0.05) is 7.05 Å². The number of alkyl halides is 5. The second-order valence-electron chi connectivity index (χ2n) is 4.53. The van der Waals surface area contributed by atoms with Gasteiger partial charge in [0.2, 0.25) is 0 Å². The van der Waals surface area contributed by atoms with E-state index in [0.29, 0.717) is 10.9 Å². The highest BCUT2D eigenvalue weighted by Gasteiger charge is 2.62. The zero-order valence-corrected chi connectivity index (χ0v) is 13.3. The highest BCUT2D eigenvalue weighted by atomic mass is 35.5. The molecule has 24 heavy (non-hydrogen) atoms. The molecule has 130 valence electrons. The summed E-state index contributed by atoms with van der Waals surface area (Å²) in [5, 5.41) is 1.57. The smallest absolute Gasteiger partial charge is 0.354 e. The predicted octanol–water partition coefficient (Wildman–Crippen LogP) is 4.19. The number of halogens is 7. The average molecular weight is 388 g/mol. The molecule has 1 heterocycles. The van der Waals surface area contributed by atoms with Crippen molar-refractivity contribution in [3.63, 3.8) is 0 Å². The summed E-state index contributed by atoms with van der Waals surface area (Å²) in [6.07, 6.45) is -5.33. The number of benzene rings is 1. The van der Waals surface area contributed by atoms with E-state index in [1.807, 2.05) is 5.32 Å². The fourth-order valence-corrected chi connectivity index (χ4v) is 2.54. The van der Waals surface area contributed by atoms with E-state index in [9.17, 15) is 26.7 Å². The van der Waals surface area contributed by atoms with Gasteiger partial charge in [0.1, 0.15) is 12.0 Å². The summed E-state index contributed by atoms with van der Waals surface area (Å²) in [4.78, 5) is 15.0. The molecule has 0 radical (unpaired) electrons. The van der Waals surface area contributed by atoms with Gasteiger partial charge in [0.25, 0.3) is 5.91 Å². The van der Waals surface area contributed by atoms with Gasteiger partial charge in [-0.2, -0.15) is 22.0 Å². The Labute approximate surface area is 142 Å². The van der Waals surface area contributed by atoms with Crippen LogP contribution < -0.4 is 5.32 Å². The summed E-state index contributed by atoms with van der Waals surface area (Å²) in [5.41, 5.74) is -3.11. The Bertz CT molecular complexity index is 768. The van der Waals surface area contributed by atoms with Gasteiger partial charge in [-0.3, -0.25) is 9.36 Å². The first-order chi connectivity index (χ1) is 11.0. The third-order valence-electron chi connectivity index (χ3n) is 3.04. The van der Waals surface area contributed by atoms with Crippen LogP contribution in [0.3, 0.4) is 0 Å². The number of amides is 1. The van der Waals surface area contributed by atoms with E-state index in [2.05, 4.69) is 4.98 Å². The standard InChI is InChI=1S/C13H8Cl2F5N3O/c1-21-11(24)8-10(12(16,17)13(18,19)20)23(5-22-8)9-6(14)3-2-4-7(9)15/h2-5H,1H3,(H,21,24). The molecule has 2 rings (SSSR count). The normalized spacial score (nSPS) is 12.3. The van der Waals surface area contributed by atoms with E-state index in [0.717, 1.165) is 7.05 Å². The van der Waals surface area contributed by atoms with Gasteiger partial charge in [0.05, 0.1) is 15.7 Å². The molecule has 0 atom stereocenters. The van der Waals surface area contributed by atoms with Gasteiger partial charge in [-0.15, -0.1) is 0 Å². The van der Waals surface area contributed by atoms with Crippen molar-refractivity contribution >= 4 is 29.1 Å². The molecular weight excluding hydrogens is 380 g/mol. The maximum Gasteiger partial charge on any atom is 0.459 e. The Balaban J connectivity index is 2.85. The zero-order chi connectivity index (χ0) is 18.3. The second kappa shape index (κ2) is 6.21. The quantitative estimate of drug-likeness (QED) is 0.802. The fourth-order valence-electron chi connectivity index (χ4n) is 1.96. The van der Waals surface area contributed by atoms with E-state index >= 15 is 0 Å². The van der Waals surface area contributed by atoms with E-state index in [4.69, 9.17) is 23.2 Å². The third kappa shape index (κ3) is 2.93. The van der Waals surface area contributed by atoms with Crippen molar-refractivity contribution < 1.29 is 26.7 Å². The monoisotopic (exact) mass is 387 g/mol. The number of para-hydroxylation sites is 1. The van der Waals surface area contributed by atoms with Gasteiger partial charge in [-0.1, -0.05) is 29.3 Å². The van der Waals surface area contributed by atoms with Crippen LogP contribution in [-0.2, 0) is 5.92 Å². The number of nitrogens with one attached hydrogen (secondary N) is 1. The lowest BCUT2D eigenvalue weighted by atomic mass is 10.1. The number of hydrogen-bond donors (Lipinski definition) is 1. The molecule has 0 fully saturated rings. The van der Waals surface area contributed by atoms with Crippen molar-refractivity contribution in [2.24, 2.45) is 0 Å². The van der Waals surface area contributed by atoms with Crippen LogP contribution in [0.25, 0.3) is 5.69 Å². The third-order valence-corrected chi connectivity index (χ3v) is 3.65. The van der Waals surface area contributed by atoms with Crippen molar-refractivity contribution in [3.05, 3.63) is 46.0 Å². The Kier molecular flexibility index (Phi) is 4.78. The summed E-state index contributed by atoms with van der Waals surface area (Å²) >= 11 is 11.7. The lowest BCUT2D eigenvalue weighted by Gasteiger charge is -2.22. The molecular formula is C13H8Cl2F5N3O. The summed E-state index contributed by atoms with van der Waals surface area (Å²) in [6.45, 7) is 0. The van der Waals surface area contributed by atoms with Gasteiger partial charge < -0.3 is 5.32 Å². The summed E-state index contributed by atoms with van der Waals surface area (Å²) in [7, 11) is 1.07. The zero-order valence-electron chi connectivity index (χ0n) is 11.8. The molecule has 0 unspecified atom stereocenters. The van der Waals surface area contributed by atoms with Crippen LogP contribution >= 0.6 is 23.2 Å². The van der Waals surface area contributed by atoms with Crippen LogP contribution in [0.4, 0.5) is 22.0 Å². The van der Waals surface area contributed by atoms with Gasteiger partial charge in [-0.05, 0) is 12.1 Å². The van der Waals surface area contributed by atoms with Crippen LogP contribution in [0.5, 0.6) is 0 Å². The summed E-state index contributed by atoms with van der Waals surface area (Å²) in [5.74, 6) is -6.58. The number of rotatable bonds is 3.